The summed E-state index contributed by atoms with van der Waals surface area (Å²) in [6, 6.07) is 7.27. The number of hydrogen-bond donors (Lipinski definition) is 2. The molecule has 0 spiro atoms. The zero-order valence-electron chi connectivity index (χ0n) is 11.9. The number of carbonyl (C=O) groups excluding carboxylic acids is 1. The molecule has 2 atom stereocenters. The summed E-state index contributed by atoms with van der Waals surface area (Å²) in [5.41, 5.74) is 1.52. The standard InChI is InChI=1S/C15H18N4O2/c1-10-4-3-7-16-13(10)14(20)18-12-6-2-5-11(8-12)15-19-17-9-21-15/h2,5-6,8-10,13,16H,3-4,7H2,1H3,(H,18,20). The number of rotatable bonds is 3. The number of aromatic nitrogens is 2. The molecule has 1 aromatic heterocycles. The van der Waals surface area contributed by atoms with Crippen LogP contribution in [0.3, 0.4) is 0 Å². The van der Waals surface area contributed by atoms with Gasteiger partial charge in [-0.05, 0) is 43.5 Å². The summed E-state index contributed by atoms with van der Waals surface area (Å²) in [7, 11) is 0. The van der Waals surface area contributed by atoms with Gasteiger partial charge in [-0.15, -0.1) is 10.2 Å². The first-order valence-electron chi connectivity index (χ1n) is 7.15. The molecule has 1 amide bonds. The molecule has 1 fully saturated rings. The van der Waals surface area contributed by atoms with Gasteiger partial charge in [0.05, 0.1) is 6.04 Å². The molecule has 2 heterocycles. The number of nitrogens with one attached hydrogen (secondary N) is 2. The highest BCUT2D eigenvalue weighted by atomic mass is 16.4. The molecule has 3 rings (SSSR count). The van der Waals surface area contributed by atoms with Crippen molar-refractivity contribution < 1.29 is 9.21 Å². The Morgan fingerprint density at radius 3 is 3.14 bits per heavy atom. The summed E-state index contributed by atoms with van der Waals surface area (Å²) in [6.45, 7) is 3.00. The van der Waals surface area contributed by atoms with E-state index in [1.54, 1.807) is 0 Å². The molecule has 21 heavy (non-hydrogen) atoms. The van der Waals surface area contributed by atoms with Gasteiger partial charge in [-0.3, -0.25) is 4.79 Å². The highest BCUT2D eigenvalue weighted by Gasteiger charge is 2.27. The molecule has 2 aromatic rings. The molecule has 6 heteroatoms. The van der Waals surface area contributed by atoms with Gasteiger partial charge in [0.15, 0.2) is 0 Å². The SMILES string of the molecule is CC1CCCNC1C(=O)Nc1cccc(-c2nnco2)c1. The average molecular weight is 286 g/mol. The molecule has 0 radical (unpaired) electrons. The van der Waals surface area contributed by atoms with E-state index >= 15 is 0 Å². The van der Waals surface area contributed by atoms with Gasteiger partial charge in [0.2, 0.25) is 18.2 Å². The van der Waals surface area contributed by atoms with Crippen LogP contribution in [0.1, 0.15) is 19.8 Å². The molecule has 110 valence electrons. The predicted molar refractivity (Wildman–Crippen MR) is 78.6 cm³/mol. The zero-order valence-corrected chi connectivity index (χ0v) is 11.9. The predicted octanol–water partition coefficient (Wildman–Crippen LogP) is 2.06. The molecule has 0 bridgehead atoms. The summed E-state index contributed by atoms with van der Waals surface area (Å²) < 4.78 is 5.17. The lowest BCUT2D eigenvalue weighted by molar-refractivity contribution is -0.119. The van der Waals surface area contributed by atoms with Gasteiger partial charge in [0.25, 0.3) is 0 Å². The van der Waals surface area contributed by atoms with Crippen LogP contribution in [0.25, 0.3) is 11.5 Å². The first kappa shape index (κ1) is 13.8. The zero-order chi connectivity index (χ0) is 14.7. The van der Waals surface area contributed by atoms with Gasteiger partial charge >= 0.3 is 0 Å². The second-order valence-electron chi connectivity index (χ2n) is 5.37. The van der Waals surface area contributed by atoms with E-state index in [0.29, 0.717) is 11.8 Å². The third kappa shape index (κ3) is 3.11. The van der Waals surface area contributed by atoms with E-state index < -0.39 is 0 Å². The fourth-order valence-electron chi connectivity index (χ4n) is 2.65. The summed E-state index contributed by atoms with van der Waals surface area (Å²) >= 11 is 0. The Labute approximate surface area is 123 Å². The van der Waals surface area contributed by atoms with Gasteiger partial charge < -0.3 is 15.1 Å². The van der Waals surface area contributed by atoms with Crippen LogP contribution >= 0.6 is 0 Å². The molecular weight excluding hydrogens is 268 g/mol. The van der Waals surface area contributed by atoms with E-state index in [9.17, 15) is 4.79 Å². The summed E-state index contributed by atoms with van der Waals surface area (Å²) in [5, 5.41) is 13.8. The van der Waals surface area contributed by atoms with E-state index in [0.717, 1.165) is 30.6 Å². The Balaban J connectivity index is 1.73. The summed E-state index contributed by atoms with van der Waals surface area (Å²) in [6.07, 6.45) is 3.49. The van der Waals surface area contributed by atoms with Crippen molar-refractivity contribution in [1.29, 1.82) is 0 Å². The minimum absolute atomic E-state index is 0.00452. The monoisotopic (exact) mass is 286 g/mol. The molecule has 2 N–H and O–H groups in total. The largest absolute Gasteiger partial charge is 0.423 e. The molecule has 1 saturated heterocycles. The highest BCUT2D eigenvalue weighted by Crippen LogP contribution is 2.22. The van der Waals surface area contributed by atoms with E-state index in [1.807, 2.05) is 24.3 Å². The van der Waals surface area contributed by atoms with Crippen molar-refractivity contribution in [3.63, 3.8) is 0 Å². The number of anilines is 1. The van der Waals surface area contributed by atoms with E-state index in [1.165, 1.54) is 6.39 Å². The first-order chi connectivity index (χ1) is 10.2. The van der Waals surface area contributed by atoms with Crippen LogP contribution in [0, 0.1) is 5.92 Å². The quantitative estimate of drug-likeness (QED) is 0.902. The summed E-state index contributed by atoms with van der Waals surface area (Å²) in [4.78, 5) is 12.4. The van der Waals surface area contributed by atoms with Gasteiger partial charge in [-0.25, -0.2) is 0 Å². The van der Waals surface area contributed by atoms with Gasteiger partial charge in [-0.2, -0.15) is 0 Å². The fraction of sp³-hybridized carbons (Fsp3) is 0.400. The smallest absolute Gasteiger partial charge is 0.247 e. The van der Waals surface area contributed by atoms with Gasteiger partial charge in [0, 0.05) is 11.3 Å². The second-order valence-corrected chi connectivity index (χ2v) is 5.37. The van der Waals surface area contributed by atoms with Crippen molar-refractivity contribution in [2.45, 2.75) is 25.8 Å². The van der Waals surface area contributed by atoms with Crippen molar-refractivity contribution in [3.05, 3.63) is 30.7 Å². The van der Waals surface area contributed by atoms with Crippen molar-refractivity contribution in [2.24, 2.45) is 5.92 Å². The minimum Gasteiger partial charge on any atom is -0.423 e. The van der Waals surface area contributed by atoms with Crippen LogP contribution < -0.4 is 10.6 Å². The van der Waals surface area contributed by atoms with Crippen LogP contribution in [-0.2, 0) is 4.79 Å². The Hall–Kier alpha value is -2.21. The Morgan fingerprint density at radius 1 is 1.48 bits per heavy atom. The lowest BCUT2D eigenvalue weighted by atomic mass is 9.92. The van der Waals surface area contributed by atoms with Crippen LogP contribution in [0.15, 0.2) is 35.1 Å². The average Bonchev–Trinajstić information content (AvgIpc) is 3.02. The maximum Gasteiger partial charge on any atom is 0.247 e. The van der Waals surface area contributed by atoms with Crippen LogP contribution in [0.4, 0.5) is 5.69 Å². The molecule has 1 aliphatic heterocycles. The molecule has 6 nitrogen and oxygen atoms in total. The third-order valence-corrected chi connectivity index (χ3v) is 3.79. The van der Waals surface area contributed by atoms with Crippen molar-refractivity contribution >= 4 is 11.6 Å². The Kier molecular flexibility index (Phi) is 3.96. The number of hydrogen-bond acceptors (Lipinski definition) is 5. The number of piperidine rings is 1. The Morgan fingerprint density at radius 2 is 2.38 bits per heavy atom. The first-order valence-corrected chi connectivity index (χ1v) is 7.15. The third-order valence-electron chi connectivity index (χ3n) is 3.79. The second kappa shape index (κ2) is 6.05. The molecule has 1 aromatic carbocycles. The normalized spacial score (nSPS) is 22.0. The number of carbonyl (C=O) groups is 1. The minimum atomic E-state index is -0.134. The lowest BCUT2D eigenvalue weighted by Crippen LogP contribution is -2.48. The van der Waals surface area contributed by atoms with Crippen LogP contribution in [-0.4, -0.2) is 28.7 Å². The molecule has 0 saturated carbocycles. The molecule has 0 aliphatic carbocycles. The van der Waals surface area contributed by atoms with Gasteiger partial charge in [-0.1, -0.05) is 13.0 Å². The van der Waals surface area contributed by atoms with Crippen LogP contribution in [0.5, 0.6) is 0 Å². The number of amides is 1. The van der Waals surface area contributed by atoms with Crippen molar-refractivity contribution in [1.82, 2.24) is 15.5 Å². The maximum absolute atomic E-state index is 12.4. The van der Waals surface area contributed by atoms with E-state index in [-0.39, 0.29) is 11.9 Å². The maximum atomic E-state index is 12.4. The topological polar surface area (TPSA) is 80.0 Å². The number of benzene rings is 1. The molecule has 2 unspecified atom stereocenters. The van der Waals surface area contributed by atoms with Crippen LogP contribution in [0.2, 0.25) is 0 Å². The number of nitrogens with zero attached hydrogens (tertiary/aromatic N) is 2. The Bertz CT molecular complexity index is 612. The summed E-state index contributed by atoms with van der Waals surface area (Å²) in [5.74, 6) is 0.790. The molecular formula is C15H18N4O2. The van der Waals surface area contributed by atoms with Crippen molar-refractivity contribution in [2.75, 3.05) is 11.9 Å². The molecule has 1 aliphatic rings. The van der Waals surface area contributed by atoms with Crippen molar-refractivity contribution in [3.8, 4) is 11.5 Å². The van der Waals surface area contributed by atoms with Gasteiger partial charge in [0.1, 0.15) is 0 Å². The lowest BCUT2D eigenvalue weighted by Gasteiger charge is -2.28. The fourth-order valence-corrected chi connectivity index (χ4v) is 2.65. The highest BCUT2D eigenvalue weighted by molar-refractivity contribution is 5.95. The van der Waals surface area contributed by atoms with E-state index in [4.69, 9.17) is 4.42 Å². The van der Waals surface area contributed by atoms with E-state index in [2.05, 4.69) is 27.8 Å².